The highest BCUT2D eigenvalue weighted by molar-refractivity contribution is 6.36. The Kier molecular flexibility index (Phi) is 7.10. The van der Waals surface area contributed by atoms with Crippen molar-refractivity contribution >= 4 is 29.0 Å². The van der Waals surface area contributed by atoms with E-state index in [1.165, 1.54) is 4.90 Å². The molecule has 0 spiro atoms. The Morgan fingerprint density at radius 1 is 1.21 bits per heavy atom. The lowest BCUT2D eigenvalue weighted by Gasteiger charge is -2.34. The Morgan fingerprint density at radius 2 is 1.96 bits per heavy atom. The molecule has 0 aliphatic carbocycles. The maximum absolute atomic E-state index is 13.2. The van der Waals surface area contributed by atoms with Crippen molar-refractivity contribution in [2.75, 3.05) is 39.5 Å². The van der Waals surface area contributed by atoms with Crippen LogP contribution in [0.3, 0.4) is 0 Å². The Hall–Kier alpha value is -1.89. The van der Waals surface area contributed by atoms with E-state index >= 15 is 0 Å². The molecule has 1 aromatic rings. The van der Waals surface area contributed by atoms with Crippen molar-refractivity contribution in [1.29, 1.82) is 0 Å². The van der Waals surface area contributed by atoms with Crippen LogP contribution in [-0.2, 0) is 14.3 Å². The highest BCUT2D eigenvalue weighted by atomic mass is 35.5. The summed E-state index contributed by atoms with van der Waals surface area (Å²) in [7, 11) is 0. The zero-order valence-corrected chi connectivity index (χ0v) is 17.0. The number of ether oxygens (including phenoxy) is 1. The van der Waals surface area contributed by atoms with Crippen LogP contribution in [-0.4, -0.2) is 66.2 Å². The second kappa shape index (κ2) is 9.54. The second-order valence-corrected chi connectivity index (χ2v) is 7.62. The third-order valence-electron chi connectivity index (χ3n) is 5.24. The Morgan fingerprint density at radius 3 is 2.64 bits per heavy atom. The van der Waals surface area contributed by atoms with Gasteiger partial charge in [-0.05, 0) is 49.8 Å². The molecule has 1 aromatic carbocycles. The molecule has 152 valence electrons. The third-order valence-corrected chi connectivity index (χ3v) is 5.50. The van der Waals surface area contributed by atoms with Crippen molar-refractivity contribution in [2.45, 2.75) is 26.2 Å². The summed E-state index contributed by atoms with van der Waals surface area (Å²) in [5, 5.41) is 10.1. The number of aliphatic hydroxyl groups excluding tert-OH is 1. The maximum Gasteiger partial charge on any atom is 0.277 e. The average molecular weight is 407 g/mol. The summed E-state index contributed by atoms with van der Waals surface area (Å²) in [6.45, 7) is 4.73. The predicted octanol–water partition coefficient (Wildman–Crippen LogP) is 2.55. The zero-order chi connectivity index (χ0) is 20.1. The lowest BCUT2D eigenvalue weighted by molar-refractivity contribution is -0.137. The number of likely N-dealkylation sites (tertiary alicyclic amines) is 1. The van der Waals surface area contributed by atoms with E-state index in [2.05, 4.69) is 0 Å². The number of nitrogens with zero attached hydrogens (tertiary/aromatic N) is 2. The molecule has 3 rings (SSSR count). The number of aliphatic hydroxyl groups is 1. The standard InChI is InChI=1S/C21H27ClN2O4/c1-2-28-12-4-11-24-20(26)18(16-6-8-17(22)9-7-16)19(21(24)27)23-10-3-5-15(13-23)14-25/h6-9,15,25H,2-5,10-14H2,1H3. The van der Waals surface area contributed by atoms with E-state index in [9.17, 15) is 14.7 Å². The minimum atomic E-state index is -0.273. The summed E-state index contributed by atoms with van der Waals surface area (Å²) in [4.78, 5) is 29.7. The minimum Gasteiger partial charge on any atom is -0.396 e. The van der Waals surface area contributed by atoms with Gasteiger partial charge >= 0.3 is 0 Å². The number of rotatable bonds is 8. The molecule has 1 atom stereocenters. The molecule has 1 unspecified atom stereocenters. The molecule has 2 aliphatic rings. The van der Waals surface area contributed by atoms with Crippen LogP contribution in [0.25, 0.3) is 5.57 Å². The lowest BCUT2D eigenvalue weighted by atomic mass is 9.97. The number of hydrogen-bond acceptors (Lipinski definition) is 5. The van der Waals surface area contributed by atoms with Crippen LogP contribution < -0.4 is 0 Å². The van der Waals surface area contributed by atoms with Crippen LogP contribution in [0, 0.1) is 5.92 Å². The Balaban J connectivity index is 1.92. The van der Waals surface area contributed by atoms with Crippen molar-refractivity contribution in [3.05, 3.63) is 40.5 Å². The smallest absolute Gasteiger partial charge is 0.277 e. The van der Waals surface area contributed by atoms with Crippen molar-refractivity contribution in [1.82, 2.24) is 9.80 Å². The topological polar surface area (TPSA) is 70.1 Å². The fourth-order valence-corrected chi connectivity index (χ4v) is 3.95. The normalized spacial score (nSPS) is 20.5. The lowest BCUT2D eigenvalue weighted by Crippen LogP contribution is -2.40. The zero-order valence-electron chi connectivity index (χ0n) is 16.2. The van der Waals surface area contributed by atoms with E-state index in [0.717, 1.165) is 12.8 Å². The molecule has 1 N–H and O–H groups in total. The number of amides is 2. The predicted molar refractivity (Wildman–Crippen MR) is 108 cm³/mol. The molecule has 7 heteroatoms. The molecule has 0 bridgehead atoms. The minimum absolute atomic E-state index is 0.0836. The van der Waals surface area contributed by atoms with Gasteiger partial charge < -0.3 is 14.7 Å². The SMILES string of the molecule is CCOCCCN1C(=O)C(c2ccc(Cl)cc2)=C(N2CCCC(CO)C2)C1=O. The maximum atomic E-state index is 13.2. The summed E-state index contributed by atoms with van der Waals surface area (Å²) in [5.41, 5.74) is 1.56. The van der Waals surface area contributed by atoms with Crippen LogP contribution in [0.15, 0.2) is 30.0 Å². The van der Waals surface area contributed by atoms with Crippen LogP contribution in [0.5, 0.6) is 0 Å². The van der Waals surface area contributed by atoms with Gasteiger partial charge in [0.05, 0.1) is 5.57 Å². The summed E-state index contributed by atoms with van der Waals surface area (Å²) >= 11 is 6.00. The van der Waals surface area contributed by atoms with E-state index < -0.39 is 0 Å². The first-order chi connectivity index (χ1) is 13.6. The number of carbonyl (C=O) groups is 2. The van der Waals surface area contributed by atoms with Gasteiger partial charge in [-0.15, -0.1) is 0 Å². The number of imide groups is 1. The molecule has 1 fully saturated rings. The first kappa shape index (κ1) is 20.8. The van der Waals surface area contributed by atoms with Crippen molar-refractivity contribution in [2.24, 2.45) is 5.92 Å². The molecule has 2 heterocycles. The fourth-order valence-electron chi connectivity index (χ4n) is 3.82. The molecule has 28 heavy (non-hydrogen) atoms. The molecule has 2 amide bonds. The Labute approximate surface area is 170 Å². The van der Waals surface area contributed by atoms with Crippen LogP contribution in [0.2, 0.25) is 5.02 Å². The van der Waals surface area contributed by atoms with Gasteiger partial charge in [-0.3, -0.25) is 14.5 Å². The molecular formula is C21H27ClN2O4. The summed E-state index contributed by atoms with van der Waals surface area (Å²) in [5.74, 6) is -0.419. The first-order valence-electron chi connectivity index (χ1n) is 9.86. The number of carbonyl (C=O) groups excluding carboxylic acids is 2. The van der Waals surface area contributed by atoms with E-state index in [-0.39, 0.29) is 24.3 Å². The van der Waals surface area contributed by atoms with E-state index in [1.807, 2.05) is 11.8 Å². The van der Waals surface area contributed by atoms with Gasteiger partial charge in [-0.1, -0.05) is 23.7 Å². The van der Waals surface area contributed by atoms with Crippen LogP contribution in [0.1, 0.15) is 31.7 Å². The summed E-state index contributed by atoms with van der Waals surface area (Å²) in [6.07, 6.45) is 2.41. The van der Waals surface area contributed by atoms with E-state index in [1.54, 1.807) is 24.3 Å². The summed E-state index contributed by atoms with van der Waals surface area (Å²) < 4.78 is 5.34. The van der Waals surface area contributed by atoms with Gasteiger partial charge in [0.2, 0.25) is 0 Å². The third kappa shape index (κ3) is 4.40. The number of halogens is 1. The first-order valence-corrected chi connectivity index (χ1v) is 10.2. The van der Waals surface area contributed by atoms with Gasteiger partial charge in [0, 0.05) is 44.5 Å². The molecule has 0 saturated carbocycles. The average Bonchev–Trinajstić information content (AvgIpc) is 2.96. The van der Waals surface area contributed by atoms with Crippen LogP contribution >= 0.6 is 11.6 Å². The second-order valence-electron chi connectivity index (χ2n) is 7.18. The number of benzene rings is 1. The molecule has 1 saturated heterocycles. The quantitative estimate of drug-likeness (QED) is 0.530. The molecule has 2 aliphatic heterocycles. The van der Waals surface area contributed by atoms with Gasteiger partial charge in [0.15, 0.2) is 0 Å². The molecular weight excluding hydrogens is 380 g/mol. The summed E-state index contributed by atoms with van der Waals surface area (Å²) in [6, 6.07) is 7.01. The molecule has 0 radical (unpaired) electrons. The largest absolute Gasteiger partial charge is 0.396 e. The highest BCUT2D eigenvalue weighted by Gasteiger charge is 2.42. The van der Waals surface area contributed by atoms with Crippen molar-refractivity contribution in [3.8, 4) is 0 Å². The van der Waals surface area contributed by atoms with Gasteiger partial charge in [-0.2, -0.15) is 0 Å². The van der Waals surface area contributed by atoms with Crippen molar-refractivity contribution in [3.63, 3.8) is 0 Å². The van der Waals surface area contributed by atoms with Gasteiger partial charge in [-0.25, -0.2) is 0 Å². The molecule has 0 aromatic heterocycles. The van der Waals surface area contributed by atoms with E-state index in [4.69, 9.17) is 16.3 Å². The highest BCUT2D eigenvalue weighted by Crippen LogP contribution is 2.34. The monoisotopic (exact) mass is 406 g/mol. The number of piperidine rings is 1. The van der Waals surface area contributed by atoms with E-state index in [0.29, 0.717) is 61.1 Å². The Bertz CT molecular complexity index is 747. The molecule has 6 nitrogen and oxygen atoms in total. The van der Waals surface area contributed by atoms with Crippen molar-refractivity contribution < 1.29 is 19.4 Å². The fraction of sp³-hybridized carbons (Fsp3) is 0.524. The number of hydrogen-bond donors (Lipinski definition) is 1. The van der Waals surface area contributed by atoms with Gasteiger partial charge in [0.1, 0.15) is 5.70 Å². The van der Waals surface area contributed by atoms with Gasteiger partial charge in [0.25, 0.3) is 11.8 Å². The van der Waals surface area contributed by atoms with Crippen LogP contribution in [0.4, 0.5) is 0 Å².